The van der Waals surface area contributed by atoms with Gasteiger partial charge in [-0.1, -0.05) is 12.1 Å². The van der Waals surface area contributed by atoms with Crippen molar-refractivity contribution in [1.82, 2.24) is 5.32 Å². The van der Waals surface area contributed by atoms with Crippen molar-refractivity contribution >= 4 is 29.3 Å². The van der Waals surface area contributed by atoms with Crippen LogP contribution in [0.15, 0.2) is 29.2 Å². The predicted molar refractivity (Wildman–Crippen MR) is 75.1 cm³/mol. The first kappa shape index (κ1) is 14.4. The standard InChI is InChI=1S/C13H18ClNOS/c1-10(6-5-9-14)15-13(16)11-7-3-4-8-12(11)17-2/h3-4,7-8,10H,5-6,9H2,1-2H3,(H,15,16). The van der Waals surface area contributed by atoms with Gasteiger partial charge in [0.25, 0.3) is 5.91 Å². The monoisotopic (exact) mass is 271 g/mol. The lowest BCUT2D eigenvalue weighted by molar-refractivity contribution is 0.0935. The van der Waals surface area contributed by atoms with E-state index in [4.69, 9.17) is 11.6 Å². The molecule has 0 saturated heterocycles. The molecule has 4 heteroatoms. The lowest BCUT2D eigenvalue weighted by atomic mass is 10.1. The van der Waals surface area contributed by atoms with Crippen molar-refractivity contribution in [3.8, 4) is 0 Å². The lowest BCUT2D eigenvalue weighted by Crippen LogP contribution is -2.32. The van der Waals surface area contributed by atoms with Gasteiger partial charge in [0, 0.05) is 16.8 Å². The number of nitrogens with one attached hydrogen (secondary N) is 1. The van der Waals surface area contributed by atoms with E-state index >= 15 is 0 Å². The van der Waals surface area contributed by atoms with Crippen LogP contribution in [-0.2, 0) is 0 Å². The number of carbonyl (C=O) groups excluding carboxylic acids is 1. The number of carbonyl (C=O) groups is 1. The molecule has 0 aliphatic carbocycles. The van der Waals surface area contributed by atoms with Crippen molar-refractivity contribution in [2.24, 2.45) is 0 Å². The molecule has 1 amide bonds. The summed E-state index contributed by atoms with van der Waals surface area (Å²) in [6.07, 6.45) is 3.81. The summed E-state index contributed by atoms with van der Waals surface area (Å²) in [4.78, 5) is 13.0. The molecule has 1 aromatic rings. The number of amides is 1. The fraction of sp³-hybridized carbons (Fsp3) is 0.462. The highest BCUT2D eigenvalue weighted by atomic mass is 35.5. The Hall–Kier alpha value is -0.670. The van der Waals surface area contributed by atoms with Gasteiger partial charge < -0.3 is 5.32 Å². The van der Waals surface area contributed by atoms with Gasteiger partial charge in [-0.15, -0.1) is 23.4 Å². The van der Waals surface area contributed by atoms with E-state index in [1.54, 1.807) is 11.8 Å². The summed E-state index contributed by atoms with van der Waals surface area (Å²) in [5, 5.41) is 2.99. The normalized spacial score (nSPS) is 12.2. The number of benzene rings is 1. The maximum Gasteiger partial charge on any atom is 0.252 e. The Balaban J connectivity index is 2.63. The van der Waals surface area contributed by atoms with Crippen molar-refractivity contribution in [3.63, 3.8) is 0 Å². The Morgan fingerprint density at radius 2 is 2.18 bits per heavy atom. The molecule has 0 radical (unpaired) electrons. The molecule has 1 aromatic carbocycles. The highest BCUT2D eigenvalue weighted by molar-refractivity contribution is 7.98. The van der Waals surface area contributed by atoms with Crippen molar-refractivity contribution < 1.29 is 4.79 Å². The molecule has 0 fully saturated rings. The Morgan fingerprint density at radius 1 is 1.47 bits per heavy atom. The summed E-state index contributed by atoms with van der Waals surface area (Å²) in [6.45, 7) is 2.01. The largest absolute Gasteiger partial charge is 0.350 e. The second-order valence-electron chi connectivity index (χ2n) is 3.91. The third kappa shape index (κ3) is 4.60. The number of hydrogen-bond donors (Lipinski definition) is 1. The van der Waals surface area contributed by atoms with Crippen LogP contribution < -0.4 is 5.32 Å². The zero-order valence-corrected chi connectivity index (χ0v) is 11.8. The molecule has 0 bridgehead atoms. The summed E-state index contributed by atoms with van der Waals surface area (Å²) >= 11 is 7.22. The Morgan fingerprint density at radius 3 is 2.82 bits per heavy atom. The van der Waals surface area contributed by atoms with Gasteiger partial charge in [0.05, 0.1) is 5.56 Å². The third-order valence-corrected chi connectivity index (χ3v) is 3.56. The molecule has 0 aromatic heterocycles. The fourth-order valence-electron chi connectivity index (χ4n) is 1.59. The van der Waals surface area contributed by atoms with E-state index in [1.807, 2.05) is 37.4 Å². The Labute approximate surface area is 112 Å². The number of rotatable bonds is 6. The van der Waals surface area contributed by atoms with E-state index in [0.29, 0.717) is 5.88 Å². The van der Waals surface area contributed by atoms with Gasteiger partial charge in [-0.05, 0) is 38.2 Å². The highest BCUT2D eigenvalue weighted by Gasteiger charge is 2.12. The minimum atomic E-state index is -0.00276. The summed E-state index contributed by atoms with van der Waals surface area (Å²) in [6, 6.07) is 7.81. The van der Waals surface area contributed by atoms with Crippen LogP contribution in [0.25, 0.3) is 0 Å². The summed E-state index contributed by atoms with van der Waals surface area (Å²) < 4.78 is 0. The van der Waals surface area contributed by atoms with Crippen LogP contribution in [0.3, 0.4) is 0 Å². The predicted octanol–water partition coefficient (Wildman–Crippen LogP) is 3.55. The number of thioether (sulfide) groups is 1. The second kappa shape index (κ2) is 7.62. The van der Waals surface area contributed by atoms with E-state index in [0.717, 1.165) is 23.3 Å². The first-order valence-electron chi connectivity index (χ1n) is 5.69. The molecular formula is C13H18ClNOS. The van der Waals surface area contributed by atoms with Gasteiger partial charge in [-0.2, -0.15) is 0 Å². The second-order valence-corrected chi connectivity index (χ2v) is 5.13. The topological polar surface area (TPSA) is 29.1 Å². The summed E-state index contributed by atoms with van der Waals surface area (Å²) in [5.41, 5.74) is 0.748. The zero-order valence-electron chi connectivity index (χ0n) is 10.2. The van der Waals surface area contributed by atoms with Crippen LogP contribution in [-0.4, -0.2) is 24.1 Å². The molecular weight excluding hydrogens is 254 g/mol. The lowest BCUT2D eigenvalue weighted by Gasteiger charge is -2.14. The molecule has 0 aliphatic heterocycles. The first-order valence-corrected chi connectivity index (χ1v) is 7.44. The number of halogens is 1. The molecule has 94 valence electrons. The minimum absolute atomic E-state index is 0.00276. The SMILES string of the molecule is CSc1ccccc1C(=O)NC(C)CCCCl. The van der Waals surface area contributed by atoms with Crippen molar-refractivity contribution in [2.75, 3.05) is 12.1 Å². The number of hydrogen-bond acceptors (Lipinski definition) is 2. The van der Waals surface area contributed by atoms with E-state index < -0.39 is 0 Å². The average molecular weight is 272 g/mol. The molecule has 0 aliphatic rings. The molecule has 0 spiro atoms. The summed E-state index contributed by atoms with van der Waals surface area (Å²) in [7, 11) is 0. The molecule has 1 N–H and O–H groups in total. The van der Waals surface area contributed by atoms with E-state index in [2.05, 4.69) is 5.32 Å². The molecule has 0 saturated carbocycles. The van der Waals surface area contributed by atoms with Crippen LogP contribution in [0.4, 0.5) is 0 Å². The van der Waals surface area contributed by atoms with Gasteiger partial charge in [-0.3, -0.25) is 4.79 Å². The maximum atomic E-state index is 12.0. The average Bonchev–Trinajstić information content (AvgIpc) is 2.36. The van der Waals surface area contributed by atoms with E-state index in [9.17, 15) is 4.79 Å². The minimum Gasteiger partial charge on any atom is -0.350 e. The van der Waals surface area contributed by atoms with Crippen LogP contribution in [0, 0.1) is 0 Å². The van der Waals surface area contributed by atoms with Gasteiger partial charge in [0.2, 0.25) is 0 Å². The van der Waals surface area contributed by atoms with E-state index in [1.165, 1.54) is 0 Å². The molecule has 17 heavy (non-hydrogen) atoms. The summed E-state index contributed by atoms with van der Waals surface area (Å²) in [5.74, 6) is 0.638. The van der Waals surface area contributed by atoms with Gasteiger partial charge >= 0.3 is 0 Å². The highest BCUT2D eigenvalue weighted by Crippen LogP contribution is 2.19. The molecule has 0 heterocycles. The van der Waals surface area contributed by atoms with Crippen molar-refractivity contribution in [3.05, 3.63) is 29.8 Å². The van der Waals surface area contributed by atoms with Gasteiger partial charge in [-0.25, -0.2) is 0 Å². The van der Waals surface area contributed by atoms with Crippen LogP contribution >= 0.6 is 23.4 Å². The molecule has 1 rings (SSSR count). The smallest absolute Gasteiger partial charge is 0.252 e. The Bertz CT molecular complexity index is 370. The van der Waals surface area contributed by atoms with Gasteiger partial charge in [0.15, 0.2) is 0 Å². The van der Waals surface area contributed by atoms with Crippen molar-refractivity contribution in [2.45, 2.75) is 30.7 Å². The maximum absolute atomic E-state index is 12.0. The zero-order chi connectivity index (χ0) is 12.7. The quantitative estimate of drug-likeness (QED) is 0.633. The van der Waals surface area contributed by atoms with Crippen LogP contribution in [0.5, 0.6) is 0 Å². The first-order chi connectivity index (χ1) is 8.19. The van der Waals surface area contributed by atoms with Crippen LogP contribution in [0.2, 0.25) is 0 Å². The Kier molecular flexibility index (Phi) is 6.45. The van der Waals surface area contributed by atoms with Gasteiger partial charge in [0.1, 0.15) is 0 Å². The van der Waals surface area contributed by atoms with Crippen LogP contribution in [0.1, 0.15) is 30.1 Å². The molecule has 2 nitrogen and oxygen atoms in total. The molecule has 1 unspecified atom stereocenters. The van der Waals surface area contributed by atoms with Crippen molar-refractivity contribution in [1.29, 1.82) is 0 Å². The fourth-order valence-corrected chi connectivity index (χ4v) is 2.34. The van der Waals surface area contributed by atoms with E-state index in [-0.39, 0.29) is 11.9 Å². The number of alkyl halides is 1. The third-order valence-electron chi connectivity index (χ3n) is 2.50. The molecule has 1 atom stereocenters.